The molecule has 7 nitrogen and oxygen atoms in total. The van der Waals surface area contributed by atoms with E-state index in [9.17, 15) is 9.59 Å². The number of tetrazole rings is 1. The molecular formula is C20H21N5O2S. The van der Waals surface area contributed by atoms with Gasteiger partial charge in [-0.05, 0) is 53.1 Å². The van der Waals surface area contributed by atoms with Crippen molar-refractivity contribution in [2.45, 2.75) is 31.8 Å². The number of carbonyl (C=O) groups excluding carboxylic acids is 2. The summed E-state index contributed by atoms with van der Waals surface area (Å²) in [7, 11) is 0. The number of benzene rings is 2. The molecule has 3 aromatic rings. The maximum Gasteiger partial charge on any atom is 0.234 e. The average molecular weight is 395 g/mol. The highest BCUT2D eigenvalue weighted by Gasteiger charge is 2.12. The second-order valence-electron chi connectivity index (χ2n) is 6.59. The summed E-state index contributed by atoms with van der Waals surface area (Å²) in [6.45, 7) is 5.76. The molecule has 0 atom stereocenters. The summed E-state index contributed by atoms with van der Waals surface area (Å²) in [5.41, 5.74) is 3.21. The average Bonchev–Trinajstić information content (AvgIpc) is 3.15. The Morgan fingerprint density at radius 1 is 1.14 bits per heavy atom. The molecular weight excluding hydrogens is 374 g/mol. The first-order valence-corrected chi connectivity index (χ1v) is 9.85. The van der Waals surface area contributed by atoms with Crippen LogP contribution in [-0.4, -0.2) is 37.7 Å². The van der Waals surface area contributed by atoms with Gasteiger partial charge < -0.3 is 5.32 Å². The van der Waals surface area contributed by atoms with Crippen LogP contribution in [-0.2, 0) is 4.79 Å². The van der Waals surface area contributed by atoms with E-state index in [4.69, 9.17) is 0 Å². The van der Waals surface area contributed by atoms with Crippen LogP contribution >= 0.6 is 11.8 Å². The van der Waals surface area contributed by atoms with Crippen molar-refractivity contribution in [3.05, 3.63) is 59.7 Å². The number of ketones is 1. The van der Waals surface area contributed by atoms with E-state index in [0.717, 1.165) is 5.69 Å². The summed E-state index contributed by atoms with van der Waals surface area (Å²) >= 11 is 1.24. The van der Waals surface area contributed by atoms with Crippen molar-refractivity contribution in [1.82, 2.24) is 20.2 Å². The van der Waals surface area contributed by atoms with Gasteiger partial charge in [0.05, 0.1) is 11.4 Å². The minimum Gasteiger partial charge on any atom is -0.325 e. The standard InChI is InChI=1S/C20H21N5O2S/c1-13(2)15-7-9-18(10-8-15)25-20(22-23-24-25)28-12-19(27)21-17-6-4-5-16(11-17)14(3)26/h4-11,13H,12H2,1-3H3,(H,21,27). The summed E-state index contributed by atoms with van der Waals surface area (Å²) in [5, 5.41) is 15.1. The van der Waals surface area contributed by atoms with Gasteiger partial charge in [0.25, 0.3) is 0 Å². The van der Waals surface area contributed by atoms with E-state index in [-0.39, 0.29) is 17.4 Å². The third-order valence-electron chi connectivity index (χ3n) is 4.13. The molecule has 3 rings (SSSR count). The van der Waals surface area contributed by atoms with Gasteiger partial charge in [0.1, 0.15) is 0 Å². The number of amides is 1. The topological polar surface area (TPSA) is 89.8 Å². The number of thioether (sulfide) groups is 1. The van der Waals surface area contributed by atoms with Crippen LogP contribution in [0.15, 0.2) is 53.7 Å². The minimum absolute atomic E-state index is 0.0480. The van der Waals surface area contributed by atoms with Crippen LogP contribution < -0.4 is 5.32 Å². The number of rotatable bonds is 7. The highest BCUT2D eigenvalue weighted by molar-refractivity contribution is 7.99. The number of hydrogen-bond donors (Lipinski definition) is 1. The maximum atomic E-state index is 12.3. The summed E-state index contributed by atoms with van der Waals surface area (Å²) in [6, 6.07) is 14.9. The SMILES string of the molecule is CC(=O)c1cccc(NC(=O)CSc2nnnn2-c2ccc(C(C)C)cc2)c1. The lowest BCUT2D eigenvalue weighted by Crippen LogP contribution is -2.15. The zero-order valence-corrected chi connectivity index (χ0v) is 16.7. The number of hydrogen-bond acceptors (Lipinski definition) is 6. The molecule has 2 aromatic carbocycles. The molecule has 1 aromatic heterocycles. The third kappa shape index (κ3) is 4.83. The summed E-state index contributed by atoms with van der Waals surface area (Å²) in [5.74, 6) is 0.347. The smallest absolute Gasteiger partial charge is 0.234 e. The molecule has 0 saturated heterocycles. The normalized spacial score (nSPS) is 10.9. The van der Waals surface area contributed by atoms with E-state index in [2.05, 4.69) is 34.7 Å². The van der Waals surface area contributed by atoms with Gasteiger partial charge in [-0.3, -0.25) is 9.59 Å². The molecule has 0 spiro atoms. The summed E-state index contributed by atoms with van der Waals surface area (Å²) in [6.07, 6.45) is 0. The van der Waals surface area contributed by atoms with E-state index < -0.39 is 0 Å². The Morgan fingerprint density at radius 2 is 1.89 bits per heavy atom. The lowest BCUT2D eigenvalue weighted by Gasteiger charge is -2.08. The minimum atomic E-state index is -0.199. The molecule has 0 saturated carbocycles. The summed E-state index contributed by atoms with van der Waals surface area (Å²) in [4.78, 5) is 23.7. The number of Topliss-reactive ketones (excluding diaryl/α,β-unsaturated/α-hetero) is 1. The fraction of sp³-hybridized carbons (Fsp3) is 0.250. The first kappa shape index (κ1) is 19.8. The van der Waals surface area contributed by atoms with Crippen molar-refractivity contribution in [3.63, 3.8) is 0 Å². The molecule has 0 aliphatic heterocycles. The lowest BCUT2D eigenvalue weighted by atomic mass is 10.0. The van der Waals surface area contributed by atoms with Gasteiger partial charge in [0, 0.05) is 11.3 Å². The first-order chi connectivity index (χ1) is 13.4. The van der Waals surface area contributed by atoms with Crippen LogP contribution in [0, 0.1) is 0 Å². The number of nitrogens with one attached hydrogen (secondary N) is 1. The van der Waals surface area contributed by atoms with Gasteiger partial charge in [0.15, 0.2) is 5.78 Å². The largest absolute Gasteiger partial charge is 0.325 e. The fourth-order valence-corrected chi connectivity index (χ4v) is 3.27. The van der Waals surface area contributed by atoms with E-state index in [0.29, 0.717) is 22.3 Å². The molecule has 8 heteroatoms. The molecule has 0 radical (unpaired) electrons. The molecule has 1 heterocycles. The summed E-state index contributed by atoms with van der Waals surface area (Å²) < 4.78 is 1.61. The van der Waals surface area contributed by atoms with Gasteiger partial charge in [-0.15, -0.1) is 5.10 Å². The molecule has 144 valence electrons. The predicted molar refractivity (Wildman–Crippen MR) is 109 cm³/mol. The molecule has 0 bridgehead atoms. The van der Waals surface area contributed by atoms with Gasteiger partial charge in [-0.2, -0.15) is 4.68 Å². The van der Waals surface area contributed by atoms with Crippen LogP contribution in [0.4, 0.5) is 5.69 Å². The van der Waals surface area contributed by atoms with Gasteiger partial charge in [-0.1, -0.05) is 49.9 Å². The van der Waals surface area contributed by atoms with Crippen LogP contribution in [0.25, 0.3) is 5.69 Å². The monoisotopic (exact) mass is 395 g/mol. The molecule has 0 aliphatic rings. The second kappa shape index (κ2) is 8.79. The van der Waals surface area contributed by atoms with Gasteiger partial charge in [0.2, 0.25) is 11.1 Å². The first-order valence-electron chi connectivity index (χ1n) is 8.86. The van der Waals surface area contributed by atoms with E-state index in [1.807, 2.05) is 24.3 Å². The number of carbonyl (C=O) groups is 2. The van der Waals surface area contributed by atoms with Crippen molar-refractivity contribution in [3.8, 4) is 5.69 Å². The van der Waals surface area contributed by atoms with E-state index >= 15 is 0 Å². The Balaban J connectivity index is 1.64. The van der Waals surface area contributed by atoms with Crippen molar-refractivity contribution in [1.29, 1.82) is 0 Å². The Hall–Kier alpha value is -3.00. The zero-order chi connectivity index (χ0) is 20.1. The Labute approximate surface area is 167 Å². The molecule has 28 heavy (non-hydrogen) atoms. The van der Waals surface area contributed by atoms with E-state index in [1.54, 1.807) is 28.9 Å². The van der Waals surface area contributed by atoms with Crippen LogP contribution in [0.5, 0.6) is 0 Å². The van der Waals surface area contributed by atoms with Gasteiger partial charge >= 0.3 is 0 Å². The van der Waals surface area contributed by atoms with Crippen molar-refractivity contribution in [2.75, 3.05) is 11.1 Å². The fourth-order valence-electron chi connectivity index (χ4n) is 2.57. The molecule has 0 aliphatic carbocycles. The molecule has 0 unspecified atom stereocenters. The quantitative estimate of drug-likeness (QED) is 0.484. The lowest BCUT2D eigenvalue weighted by molar-refractivity contribution is -0.113. The predicted octanol–water partition coefficient (Wildman–Crippen LogP) is 3.72. The van der Waals surface area contributed by atoms with Crippen LogP contribution in [0.1, 0.15) is 42.6 Å². The highest BCUT2D eigenvalue weighted by Crippen LogP contribution is 2.21. The Morgan fingerprint density at radius 3 is 2.57 bits per heavy atom. The molecule has 1 N–H and O–H groups in total. The Kier molecular flexibility index (Phi) is 6.20. The number of anilines is 1. The number of nitrogens with zero attached hydrogens (tertiary/aromatic N) is 4. The van der Waals surface area contributed by atoms with Gasteiger partial charge in [-0.25, -0.2) is 0 Å². The van der Waals surface area contributed by atoms with Crippen molar-refractivity contribution < 1.29 is 9.59 Å². The number of aromatic nitrogens is 4. The van der Waals surface area contributed by atoms with Crippen LogP contribution in [0.3, 0.4) is 0 Å². The van der Waals surface area contributed by atoms with Crippen LogP contribution in [0.2, 0.25) is 0 Å². The third-order valence-corrected chi connectivity index (χ3v) is 5.05. The zero-order valence-electron chi connectivity index (χ0n) is 15.9. The maximum absolute atomic E-state index is 12.3. The van der Waals surface area contributed by atoms with Crippen molar-refractivity contribution >= 4 is 29.1 Å². The van der Waals surface area contributed by atoms with Crippen molar-refractivity contribution in [2.24, 2.45) is 0 Å². The molecule has 0 fully saturated rings. The molecule has 1 amide bonds. The van der Waals surface area contributed by atoms with E-state index in [1.165, 1.54) is 24.2 Å². The highest BCUT2D eigenvalue weighted by atomic mass is 32.2. The second-order valence-corrected chi connectivity index (χ2v) is 7.54. The Bertz CT molecular complexity index is 982.